The van der Waals surface area contributed by atoms with E-state index in [4.69, 9.17) is 4.42 Å². The Kier molecular flexibility index (Phi) is 4.00. The van der Waals surface area contributed by atoms with E-state index in [1.165, 1.54) is 16.5 Å². The second-order valence-electron chi connectivity index (χ2n) is 6.22. The van der Waals surface area contributed by atoms with Gasteiger partial charge in [-0.1, -0.05) is 52.3 Å². The summed E-state index contributed by atoms with van der Waals surface area (Å²) in [6, 6.07) is 6.53. The molecule has 0 aliphatic rings. The summed E-state index contributed by atoms with van der Waals surface area (Å²) in [7, 11) is 1.97. The smallest absolute Gasteiger partial charge is 0.138 e. The van der Waals surface area contributed by atoms with E-state index in [1.807, 2.05) is 7.05 Å². The van der Waals surface area contributed by atoms with Crippen LogP contribution in [0, 0.1) is 0 Å². The van der Waals surface area contributed by atoms with Gasteiger partial charge in [0.2, 0.25) is 0 Å². The molecule has 0 radical (unpaired) electrons. The minimum absolute atomic E-state index is 0.109. The van der Waals surface area contributed by atoms with Crippen molar-refractivity contribution >= 4 is 11.0 Å². The summed E-state index contributed by atoms with van der Waals surface area (Å²) < 4.78 is 6.19. The molecule has 19 heavy (non-hydrogen) atoms. The van der Waals surface area contributed by atoms with Gasteiger partial charge in [-0.3, -0.25) is 0 Å². The minimum atomic E-state index is 0.109. The Bertz CT molecular complexity index is 560. The third kappa shape index (κ3) is 2.69. The third-order valence-electron chi connectivity index (χ3n) is 3.55. The number of hydrogen-bond acceptors (Lipinski definition) is 2. The van der Waals surface area contributed by atoms with Crippen LogP contribution in [-0.4, -0.2) is 7.05 Å². The number of fused-ring (bicyclic) bond motifs is 1. The predicted molar refractivity (Wildman–Crippen MR) is 81.7 cm³/mol. The van der Waals surface area contributed by atoms with Crippen molar-refractivity contribution in [3.63, 3.8) is 0 Å². The molecular formula is C17H25NO. The first-order valence-electron chi connectivity index (χ1n) is 7.17. The molecule has 0 atom stereocenters. The topological polar surface area (TPSA) is 25.2 Å². The molecule has 0 fully saturated rings. The monoisotopic (exact) mass is 259 g/mol. The van der Waals surface area contributed by atoms with Crippen molar-refractivity contribution in [3.05, 3.63) is 35.1 Å². The second-order valence-corrected chi connectivity index (χ2v) is 6.22. The molecule has 2 nitrogen and oxygen atoms in total. The molecule has 0 aliphatic carbocycles. The maximum Gasteiger partial charge on any atom is 0.138 e. The van der Waals surface area contributed by atoms with Crippen molar-refractivity contribution < 1.29 is 4.42 Å². The lowest BCUT2D eigenvalue weighted by atomic mass is 9.85. The van der Waals surface area contributed by atoms with Crippen molar-refractivity contribution in [1.82, 2.24) is 5.32 Å². The van der Waals surface area contributed by atoms with E-state index in [1.54, 1.807) is 0 Å². The zero-order valence-corrected chi connectivity index (χ0v) is 12.8. The Labute approximate surface area is 116 Å². The number of para-hydroxylation sites is 1. The summed E-state index contributed by atoms with van der Waals surface area (Å²) in [6.45, 7) is 9.73. The molecule has 0 saturated heterocycles. The molecule has 0 amide bonds. The first-order valence-corrected chi connectivity index (χ1v) is 7.17. The Morgan fingerprint density at radius 3 is 2.53 bits per heavy atom. The van der Waals surface area contributed by atoms with Crippen molar-refractivity contribution in [2.24, 2.45) is 0 Å². The van der Waals surface area contributed by atoms with Gasteiger partial charge in [-0.05, 0) is 18.9 Å². The van der Waals surface area contributed by atoms with Gasteiger partial charge in [0, 0.05) is 16.5 Å². The largest absolute Gasteiger partial charge is 0.459 e. The zero-order valence-electron chi connectivity index (χ0n) is 12.8. The summed E-state index contributed by atoms with van der Waals surface area (Å²) in [5.74, 6) is 1.09. The predicted octanol–water partition coefficient (Wildman–Crippen LogP) is 4.40. The maximum absolute atomic E-state index is 6.19. The number of furan rings is 1. The first kappa shape index (κ1) is 14.1. The SMILES string of the molecule is CCCc1c(CNC)oc2c(C(C)(C)C)cccc12. The Morgan fingerprint density at radius 2 is 1.95 bits per heavy atom. The highest BCUT2D eigenvalue weighted by Gasteiger charge is 2.22. The average Bonchev–Trinajstić information content (AvgIpc) is 2.67. The molecule has 0 unspecified atom stereocenters. The lowest BCUT2D eigenvalue weighted by molar-refractivity contribution is 0.507. The molecule has 0 saturated carbocycles. The van der Waals surface area contributed by atoms with E-state index in [0.717, 1.165) is 30.7 Å². The van der Waals surface area contributed by atoms with E-state index in [2.05, 4.69) is 51.2 Å². The van der Waals surface area contributed by atoms with Crippen LogP contribution in [-0.2, 0) is 18.4 Å². The molecule has 104 valence electrons. The van der Waals surface area contributed by atoms with Gasteiger partial charge in [-0.25, -0.2) is 0 Å². The van der Waals surface area contributed by atoms with Crippen LogP contribution in [0.25, 0.3) is 11.0 Å². The highest BCUT2D eigenvalue weighted by atomic mass is 16.3. The van der Waals surface area contributed by atoms with Gasteiger partial charge in [-0.15, -0.1) is 0 Å². The number of benzene rings is 1. The molecule has 1 aromatic heterocycles. The Hall–Kier alpha value is -1.28. The lowest BCUT2D eigenvalue weighted by Crippen LogP contribution is -2.11. The van der Waals surface area contributed by atoms with E-state index < -0.39 is 0 Å². The summed E-state index contributed by atoms with van der Waals surface area (Å²) >= 11 is 0. The molecular weight excluding hydrogens is 234 g/mol. The number of nitrogens with one attached hydrogen (secondary N) is 1. The molecule has 1 heterocycles. The second kappa shape index (κ2) is 5.38. The van der Waals surface area contributed by atoms with Crippen molar-refractivity contribution in [3.8, 4) is 0 Å². The Morgan fingerprint density at radius 1 is 1.21 bits per heavy atom. The van der Waals surface area contributed by atoms with Crippen LogP contribution in [0.2, 0.25) is 0 Å². The highest BCUT2D eigenvalue weighted by Crippen LogP contribution is 2.35. The van der Waals surface area contributed by atoms with Crippen LogP contribution >= 0.6 is 0 Å². The fourth-order valence-corrected chi connectivity index (χ4v) is 2.64. The molecule has 2 heteroatoms. The first-order chi connectivity index (χ1) is 8.99. The van der Waals surface area contributed by atoms with E-state index in [0.29, 0.717) is 0 Å². The fraction of sp³-hybridized carbons (Fsp3) is 0.529. The van der Waals surface area contributed by atoms with E-state index >= 15 is 0 Å². The fourth-order valence-electron chi connectivity index (χ4n) is 2.64. The molecule has 1 aromatic carbocycles. The molecule has 2 rings (SSSR count). The van der Waals surface area contributed by atoms with Gasteiger partial charge >= 0.3 is 0 Å². The number of hydrogen-bond donors (Lipinski definition) is 1. The summed E-state index contributed by atoms with van der Waals surface area (Å²) in [5.41, 5.74) is 3.85. The third-order valence-corrected chi connectivity index (χ3v) is 3.55. The summed E-state index contributed by atoms with van der Waals surface area (Å²) in [4.78, 5) is 0. The molecule has 0 spiro atoms. The summed E-state index contributed by atoms with van der Waals surface area (Å²) in [6.07, 6.45) is 2.22. The van der Waals surface area contributed by atoms with Crippen LogP contribution in [0.15, 0.2) is 22.6 Å². The van der Waals surface area contributed by atoms with Crippen molar-refractivity contribution in [2.75, 3.05) is 7.05 Å². The standard InChI is InChI=1S/C17H25NO/c1-6-8-12-13-9-7-10-14(17(2,3)4)16(13)19-15(12)11-18-5/h7,9-10,18H,6,8,11H2,1-5H3. The zero-order chi connectivity index (χ0) is 14.0. The van der Waals surface area contributed by atoms with Gasteiger partial charge in [0.15, 0.2) is 0 Å². The molecule has 2 aromatic rings. The van der Waals surface area contributed by atoms with Crippen LogP contribution in [0.3, 0.4) is 0 Å². The van der Waals surface area contributed by atoms with E-state index in [-0.39, 0.29) is 5.41 Å². The lowest BCUT2D eigenvalue weighted by Gasteiger charge is -2.18. The van der Waals surface area contributed by atoms with Gasteiger partial charge in [0.25, 0.3) is 0 Å². The highest BCUT2D eigenvalue weighted by molar-refractivity contribution is 5.86. The number of aryl methyl sites for hydroxylation is 1. The van der Waals surface area contributed by atoms with Crippen LogP contribution in [0.5, 0.6) is 0 Å². The molecule has 1 N–H and O–H groups in total. The Balaban J connectivity index is 2.67. The van der Waals surface area contributed by atoms with Crippen LogP contribution < -0.4 is 5.32 Å². The van der Waals surface area contributed by atoms with Crippen LogP contribution in [0.4, 0.5) is 0 Å². The van der Waals surface area contributed by atoms with Crippen molar-refractivity contribution in [1.29, 1.82) is 0 Å². The van der Waals surface area contributed by atoms with Gasteiger partial charge in [0.05, 0.1) is 6.54 Å². The average molecular weight is 259 g/mol. The van der Waals surface area contributed by atoms with Crippen LogP contribution in [0.1, 0.15) is 51.0 Å². The molecule has 0 bridgehead atoms. The molecule has 0 aliphatic heterocycles. The quantitative estimate of drug-likeness (QED) is 0.880. The maximum atomic E-state index is 6.19. The van der Waals surface area contributed by atoms with Gasteiger partial charge in [-0.2, -0.15) is 0 Å². The normalized spacial score (nSPS) is 12.3. The minimum Gasteiger partial charge on any atom is -0.459 e. The number of rotatable bonds is 4. The van der Waals surface area contributed by atoms with Crippen molar-refractivity contribution in [2.45, 2.75) is 52.5 Å². The van der Waals surface area contributed by atoms with Gasteiger partial charge in [0.1, 0.15) is 11.3 Å². The van der Waals surface area contributed by atoms with E-state index in [9.17, 15) is 0 Å². The van der Waals surface area contributed by atoms with Gasteiger partial charge < -0.3 is 9.73 Å². The summed E-state index contributed by atoms with van der Waals surface area (Å²) in [5, 5.41) is 4.50.